The topological polar surface area (TPSA) is 100 Å². The molecule has 4 aromatic rings. The normalized spacial score (nSPS) is 11.2. The van der Waals surface area contributed by atoms with Crippen molar-refractivity contribution in [3.63, 3.8) is 0 Å². The zero-order valence-corrected chi connectivity index (χ0v) is 24.9. The van der Waals surface area contributed by atoms with Gasteiger partial charge in [0.15, 0.2) is 0 Å². The van der Waals surface area contributed by atoms with Gasteiger partial charge < -0.3 is 9.47 Å². The molecule has 0 N–H and O–H groups in total. The first kappa shape index (κ1) is 30.8. The minimum absolute atomic E-state index is 0.184. The van der Waals surface area contributed by atoms with E-state index >= 15 is 0 Å². The van der Waals surface area contributed by atoms with E-state index in [1.807, 2.05) is 82.3 Å². The van der Waals surface area contributed by atoms with Gasteiger partial charge in [0.25, 0.3) is 0 Å². The Balaban J connectivity index is 1.30. The highest BCUT2D eigenvalue weighted by atomic mass is 16.5. The molecule has 0 saturated heterocycles. The van der Waals surface area contributed by atoms with E-state index in [9.17, 15) is 9.59 Å². The van der Waals surface area contributed by atoms with Crippen LogP contribution in [0, 0.1) is 33.5 Å². The molecule has 0 radical (unpaired) electrons. The number of nitriles is 2. The van der Waals surface area contributed by atoms with Gasteiger partial charge in [-0.05, 0) is 88.0 Å². The van der Waals surface area contributed by atoms with Crippen molar-refractivity contribution in [1.82, 2.24) is 0 Å². The lowest BCUT2D eigenvalue weighted by atomic mass is 9.72. The number of esters is 2. The standard InChI is InChI=1S/C37H34N2O4/c1-36(2,21-34(40)42-32-18-16-29(17-19-32)28-12-8-26(23-38)9-13-28)25-37(3,4)22-35(41)43-33-7-5-6-31(20-33)30-14-10-27(24-39)11-15-30/h5-20H,21-22,25H2,1-4H3. The fourth-order valence-electron chi connectivity index (χ4n) is 5.47. The predicted molar refractivity (Wildman–Crippen MR) is 166 cm³/mol. The molecule has 4 aromatic carbocycles. The van der Waals surface area contributed by atoms with Crippen molar-refractivity contribution in [3.05, 3.63) is 108 Å². The molecule has 0 amide bonds. The number of ether oxygens (including phenoxy) is 2. The Kier molecular flexibility index (Phi) is 9.43. The molecule has 4 rings (SSSR count). The van der Waals surface area contributed by atoms with Crippen molar-refractivity contribution in [2.45, 2.75) is 47.0 Å². The van der Waals surface area contributed by atoms with Gasteiger partial charge in [-0.3, -0.25) is 9.59 Å². The lowest BCUT2D eigenvalue weighted by molar-refractivity contribution is -0.137. The van der Waals surface area contributed by atoms with Crippen molar-refractivity contribution in [3.8, 4) is 45.9 Å². The van der Waals surface area contributed by atoms with Gasteiger partial charge in [-0.2, -0.15) is 10.5 Å². The summed E-state index contributed by atoms with van der Waals surface area (Å²) >= 11 is 0. The van der Waals surface area contributed by atoms with Crippen LogP contribution in [0.15, 0.2) is 97.1 Å². The zero-order valence-electron chi connectivity index (χ0n) is 24.9. The van der Waals surface area contributed by atoms with E-state index in [1.165, 1.54) is 0 Å². The number of rotatable bonds is 10. The second-order valence-corrected chi connectivity index (χ2v) is 12.2. The minimum atomic E-state index is -0.422. The van der Waals surface area contributed by atoms with Crippen LogP contribution in [0.4, 0.5) is 0 Å². The van der Waals surface area contributed by atoms with E-state index in [0.717, 1.165) is 22.3 Å². The number of hydrogen-bond donors (Lipinski definition) is 0. The van der Waals surface area contributed by atoms with Crippen LogP contribution in [0.1, 0.15) is 58.1 Å². The molecule has 0 aliphatic carbocycles. The first-order chi connectivity index (χ1) is 20.4. The first-order valence-corrected chi connectivity index (χ1v) is 14.1. The quantitative estimate of drug-likeness (QED) is 0.140. The van der Waals surface area contributed by atoms with Gasteiger partial charge in [0.05, 0.1) is 36.1 Å². The summed E-state index contributed by atoms with van der Waals surface area (Å²) in [5, 5.41) is 18.0. The largest absolute Gasteiger partial charge is 0.427 e. The maximum Gasteiger partial charge on any atom is 0.311 e. The molecular formula is C37H34N2O4. The third-order valence-corrected chi connectivity index (χ3v) is 7.05. The van der Waals surface area contributed by atoms with Gasteiger partial charge in [-0.1, -0.05) is 76.2 Å². The number of nitrogens with zero attached hydrogens (tertiary/aromatic N) is 2. The third-order valence-electron chi connectivity index (χ3n) is 7.05. The molecule has 0 atom stereocenters. The molecule has 0 aromatic heterocycles. The third kappa shape index (κ3) is 8.89. The fourth-order valence-corrected chi connectivity index (χ4v) is 5.47. The predicted octanol–water partition coefficient (Wildman–Crippen LogP) is 8.50. The van der Waals surface area contributed by atoms with E-state index in [1.54, 1.807) is 42.5 Å². The Labute approximate surface area is 253 Å². The van der Waals surface area contributed by atoms with Crippen molar-refractivity contribution in [2.75, 3.05) is 0 Å². The van der Waals surface area contributed by atoms with E-state index < -0.39 is 10.8 Å². The average molecular weight is 571 g/mol. The van der Waals surface area contributed by atoms with Crippen molar-refractivity contribution >= 4 is 11.9 Å². The maximum atomic E-state index is 12.9. The molecule has 0 heterocycles. The van der Waals surface area contributed by atoms with Crippen molar-refractivity contribution in [2.24, 2.45) is 10.8 Å². The van der Waals surface area contributed by atoms with E-state index in [4.69, 9.17) is 20.0 Å². The van der Waals surface area contributed by atoms with Crippen LogP contribution in [0.5, 0.6) is 11.5 Å². The van der Waals surface area contributed by atoms with Gasteiger partial charge >= 0.3 is 11.9 Å². The maximum absolute atomic E-state index is 12.9. The Morgan fingerprint density at radius 1 is 0.581 bits per heavy atom. The lowest BCUT2D eigenvalue weighted by Gasteiger charge is -2.33. The lowest BCUT2D eigenvalue weighted by Crippen LogP contribution is -2.30. The highest BCUT2D eigenvalue weighted by Gasteiger charge is 2.33. The van der Waals surface area contributed by atoms with Crippen LogP contribution in [-0.2, 0) is 9.59 Å². The van der Waals surface area contributed by atoms with Crippen LogP contribution in [-0.4, -0.2) is 11.9 Å². The van der Waals surface area contributed by atoms with E-state index in [0.29, 0.717) is 29.0 Å². The first-order valence-electron chi connectivity index (χ1n) is 14.1. The van der Waals surface area contributed by atoms with Crippen LogP contribution in [0.25, 0.3) is 22.3 Å². The van der Waals surface area contributed by atoms with Gasteiger partial charge in [-0.25, -0.2) is 0 Å². The van der Waals surface area contributed by atoms with Crippen LogP contribution in [0.2, 0.25) is 0 Å². The number of carbonyl (C=O) groups is 2. The van der Waals surface area contributed by atoms with Crippen molar-refractivity contribution < 1.29 is 19.1 Å². The Hall–Kier alpha value is -5.20. The van der Waals surface area contributed by atoms with Crippen LogP contribution in [0.3, 0.4) is 0 Å². The molecule has 216 valence electrons. The van der Waals surface area contributed by atoms with Crippen LogP contribution < -0.4 is 9.47 Å². The molecule has 0 fully saturated rings. The highest BCUT2D eigenvalue weighted by molar-refractivity contribution is 5.75. The fraction of sp³-hybridized carbons (Fsp3) is 0.243. The average Bonchev–Trinajstić information content (AvgIpc) is 2.96. The number of hydrogen-bond acceptors (Lipinski definition) is 6. The van der Waals surface area contributed by atoms with Gasteiger partial charge in [0.2, 0.25) is 0 Å². The molecule has 0 aliphatic heterocycles. The second kappa shape index (κ2) is 13.2. The molecule has 0 saturated carbocycles. The monoisotopic (exact) mass is 570 g/mol. The number of carbonyl (C=O) groups excluding carboxylic acids is 2. The molecule has 0 aliphatic rings. The summed E-state index contributed by atoms with van der Waals surface area (Å²) in [6.45, 7) is 7.99. The Morgan fingerprint density at radius 3 is 1.47 bits per heavy atom. The molecule has 6 nitrogen and oxygen atoms in total. The molecule has 0 bridgehead atoms. The zero-order chi connectivity index (χ0) is 31.0. The SMILES string of the molecule is CC(C)(CC(=O)Oc1ccc(-c2ccc(C#N)cc2)cc1)CC(C)(C)CC(=O)Oc1cccc(-c2ccc(C#N)cc2)c1. The van der Waals surface area contributed by atoms with Crippen molar-refractivity contribution in [1.29, 1.82) is 10.5 Å². The summed E-state index contributed by atoms with van der Waals surface area (Å²) in [4.78, 5) is 25.7. The van der Waals surface area contributed by atoms with E-state index in [-0.39, 0.29) is 24.8 Å². The molecule has 0 spiro atoms. The Morgan fingerprint density at radius 2 is 1.00 bits per heavy atom. The smallest absolute Gasteiger partial charge is 0.311 e. The summed E-state index contributed by atoms with van der Waals surface area (Å²) in [5.74, 6) is 0.233. The molecule has 0 unspecified atom stereocenters. The summed E-state index contributed by atoms with van der Waals surface area (Å²) < 4.78 is 11.3. The van der Waals surface area contributed by atoms with Gasteiger partial charge in [-0.15, -0.1) is 0 Å². The highest BCUT2D eigenvalue weighted by Crippen LogP contribution is 2.39. The second-order valence-electron chi connectivity index (χ2n) is 12.2. The van der Waals surface area contributed by atoms with Gasteiger partial charge in [0, 0.05) is 0 Å². The summed E-state index contributed by atoms with van der Waals surface area (Å²) in [7, 11) is 0. The molecule has 43 heavy (non-hydrogen) atoms. The minimum Gasteiger partial charge on any atom is -0.427 e. The summed E-state index contributed by atoms with van der Waals surface area (Å²) in [6.07, 6.45) is 0.978. The van der Waals surface area contributed by atoms with Gasteiger partial charge in [0.1, 0.15) is 11.5 Å². The Bertz CT molecular complexity index is 1670. The molecular weight excluding hydrogens is 536 g/mol. The number of benzene rings is 4. The van der Waals surface area contributed by atoms with Crippen LogP contribution >= 0.6 is 0 Å². The summed E-state index contributed by atoms with van der Waals surface area (Å²) in [6, 6.07) is 33.3. The molecule has 6 heteroatoms. The summed E-state index contributed by atoms with van der Waals surface area (Å²) in [5.41, 5.74) is 4.08. The van der Waals surface area contributed by atoms with E-state index in [2.05, 4.69) is 12.1 Å².